The van der Waals surface area contributed by atoms with E-state index < -0.39 is 0 Å². The number of likely N-dealkylation sites (N-methyl/N-ethyl adjacent to an activating group) is 1. The lowest BCUT2D eigenvalue weighted by Gasteiger charge is -2.34. The van der Waals surface area contributed by atoms with Gasteiger partial charge in [0.2, 0.25) is 0 Å². The van der Waals surface area contributed by atoms with E-state index in [1.807, 2.05) is 0 Å². The van der Waals surface area contributed by atoms with E-state index in [4.69, 9.17) is 0 Å². The number of hydrogen-bond donors (Lipinski definition) is 1. The highest BCUT2D eigenvalue weighted by Gasteiger charge is 2.18. The Morgan fingerprint density at radius 2 is 2.15 bits per heavy atom. The second kappa shape index (κ2) is 7.00. The Labute approximate surface area is 119 Å². The smallest absolute Gasteiger partial charge is 0.270 e. The van der Waals surface area contributed by atoms with E-state index in [0.717, 1.165) is 38.5 Å². The molecule has 0 atom stereocenters. The Morgan fingerprint density at radius 3 is 2.80 bits per heavy atom. The number of nitrogens with one attached hydrogen (secondary N) is 1. The Balaban J connectivity index is 2.02. The van der Waals surface area contributed by atoms with Crippen molar-refractivity contribution in [2.75, 3.05) is 44.2 Å². The van der Waals surface area contributed by atoms with Crippen LogP contribution in [0.4, 0.5) is 5.82 Å². The maximum atomic E-state index is 11.9. The second-order valence-electron chi connectivity index (χ2n) is 4.68. The Morgan fingerprint density at radius 1 is 1.40 bits per heavy atom. The average molecular weight is 275 g/mol. The van der Waals surface area contributed by atoms with Crippen LogP contribution in [0.1, 0.15) is 17.4 Å². The summed E-state index contributed by atoms with van der Waals surface area (Å²) in [6.07, 6.45) is 3.09. The molecule has 1 aliphatic heterocycles. The number of amides is 1. The molecule has 2 heterocycles. The standard InChI is InChI=1S/C14H21N5O/c1-3-5-15-14(20)12-10-13(17-11-16-12)19-8-6-18(4-2)7-9-19/h3,10-11H,1,4-9H2,2H3,(H,15,20). The van der Waals surface area contributed by atoms with Gasteiger partial charge in [-0.2, -0.15) is 0 Å². The minimum Gasteiger partial charge on any atom is -0.354 e. The molecule has 1 aromatic heterocycles. The van der Waals surface area contributed by atoms with Gasteiger partial charge in [0.25, 0.3) is 5.91 Å². The molecule has 1 aromatic rings. The van der Waals surface area contributed by atoms with Gasteiger partial charge in [0.15, 0.2) is 0 Å². The summed E-state index contributed by atoms with van der Waals surface area (Å²) in [5, 5.41) is 2.72. The van der Waals surface area contributed by atoms with Gasteiger partial charge in [-0.25, -0.2) is 9.97 Å². The van der Waals surface area contributed by atoms with Crippen LogP contribution in [0.5, 0.6) is 0 Å². The van der Waals surface area contributed by atoms with Crippen molar-refractivity contribution in [1.82, 2.24) is 20.2 Å². The SMILES string of the molecule is C=CCNC(=O)c1cc(N2CCN(CC)CC2)ncn1. The number of anilines is 1. The number of aromatic nitrogens is 2. The van der Waals surface area contributed by atoms with E-state index in [9.17, 15) is 4.79 Å². The van der Waals surface area contributed by atoms with E-state index in [2.05, 4.69) is 38.6 Å². The zero-order valence-corrected chi connectivity index (χ0v) is 11.9. The highest BCUT2D eigenvalue weighted by Crippen LogP contribution is 2.13. The third-order valence-corrected chi connectivity index (χ3v) is 3.44. The number of carbonyl (C=O) groups is 1. The van der Waals surface area contributed by atoms with Gasteiger partial charge in [0, 0.05) is 38.8 Å². The molecule has 0 unspecified atom stereocenters. The Hall–Kier alpha value is -1.95. The van der Waals surface area contributed by atoms with Crippen molar-refractivity contribution in [3.8, 4) is 0 Å². The van der Waals surface area contributed by atoms with Gasteiger partial charge >= 0.3 is 0 Å². The van der Waals surface area contributed by atoms with Gasteiger partial charge in [-0.15, -0.1) is 6.58 Å². The van der Waals surface area contributed by atoms with Gasteiger partial charge in [-0.3, -0.25) is 4.79 Å². The van der Waals surface area contributed by atoms with Crippen LogP contribution in [0, 0.1) is 0 Å². The molecule has 1 fully saturated rings. The molecule has 0 saturated carbocycles. The minimum absolute atomic E-state index is 0.194. The van der Waals surface area contributed by atoms with Crippen LogP contribution in [0.25, 0.3) is 0 Å². The predicted molar refractivity (Wildman–Crippen MR) is 78.9 cm³/mol. The van der Waals surface area contributed by atoms with E-state index in [0.29, 0.717) is 12.2 Å². The van der Waals surface area contributed by atoms with Crippen molar-refractivity contribution in [3.05, 3.63) is 30.7 Å². The quantitative estimate of drug-likeness (QED) is 0.795. The number of carbonyl (C=O) groups excluding carboxylic acids is 1. The molecule has 2 rings (SSSR count). The lowest BCUT2D eigenvalue weighted by Crippen LogP contribution is -2.46. The molecule has 1 saturated heterocycles. The number of hydrogen-bond acceptors (Lipinski definition) is 5. The predicted octanol–water partition coefficient (Wildman–Crippen LogP) is 0.534. The van der Waals surface area contributed by atoms with Crippen LogP contribution >= 0.6 is 0 Å². The van der Waals surface area contributed by atoms with Crippen molar-refractivity contribution in [2.24, 2.45) is 0 Å². The van der Waals surface area contributed by atoms with Crippen molar-refractivity contribution in [3.63, 3.8) is 0 Å². The number of rotatable bonds is 5. The maximum Gasteiger partial charge on any atom is 0.270 e. The van der Waals surface area contributed by atoms with Gasteiger partial charge in [0.05, 0.1) is 0 Å². The molecule has 20 heavy (non-hydrogen) atoms. The molecular formula is C14H21N5O. The van der Waals surface area contributed by atoms with Crippen LogP contribution in [0.3, 0.4) is 0 Å². The van der Waals surface area contributed by atoms with E-state index in [-0.39, 0.29) is 5.91 Å². The van der Waals surface area contributed by atoms with Gasteiger partial charge < -0.3 is 15.1 Å². The van der Waals surface area contributed by atoms with Crippen LogP contribution in [-0.2, 0) is 0 Å². The number of nitrogens with zero attached hydrogens (tertiary/aromatic N) is 4. The van der Waals surface area contributed by atoms with E-state index >= 15 is 0 Å². The van der Waals surface area contributed by atoms with Crippen molar-refractivity contribution in [2.45, 2.75) is 6.92 Å². The minimum atomic E-state index is -0.194. The zero-order valence-electron chi connectivity index (χ0n) is 11.9. The van der Waals surface area contributed by atoms with Crippen molar-refractivity contribution < 1.29 is 4.79 Å². The highest BCUT2D eigenvalue weighted by atomic mass is 16.1. The zero-order chi connectivity index (χ0) is 14.4. The fraction of sp³-hybridized carbons (Fsp3) is 0.500. The lowest BCUT2D eigenvalue weighted by molar-refractivity contribution is 0.0953. The van der Waals surface area contributed by atoms with E-state index in [1.54, 1.807) is 12.1 Å². The van der Waals surface area contributed by atoms with Gasteiger partial charge in [-0.05, 0) is 6.54 Å². The molecule has 1 N–H and O–H groups in total. The summed E-state index contributed by atoms with van der Waals surface area (Å²) in [5.74, 6) is 0.625. The Bertz CT molecular complexity index is 468. The van der Waals surface area contributed by atoms with Crippen LogP contribution in [-0.4, -0.2) is 60.0 Å². The van der Waals surface area contributed by atoms with Gasteiger partial charge in [-0.1, -0.05) is 13.0 Å². The largest absolute Gasteiger partial charge is 0.354 e. The van der Waals surface area contributed by atoms with Crippen LogP contribution < -0.4 is 10.2 Å². The topological polar surface area (TPSA) is 61.4 Å². The summed E-state index contributed by atoms with van der Waals surface area (Å²) in [6, 6.07) is 1.75. The fourth-order valence-corrected chi connectivity index (χ4v) is 2.19. The summed E-state index contributed by atoms with van der Waals surface area (Å²) < 4.78 is 0. The molecule has 6 heteroatoms. The average Bonchev–Trinajstić information content (AvgIpc) is 2.52. The first-order valence-corrected chi connectivity index (χ1v) is 6.93. The molecule has 1 aliphatic rings. The molecule has 0 aliphatic carbocycles. The lowest BCUT2D eigenvalue weighted by atomic mass is 10.3. The normalized spacial score (nSPS) is 15.9. The first-order chi connectivity index (χ1) is 9.74. The second-order valence-corrected chi connectivity index (χ2v) is 4.68. The highest BCUT2D eigenvalue weighted by molar-refractivity contribution is 5.92. The van der Waals surface area contributed by atoms with Crippen molar-refractivity contribution >= 4 is 11.7 Å². The summed E-state index contributed by atoms with van der Waals surface area (Å²) in [4.78, 5) is 24.7. The molecular weight excluding hydrogens is 254 g/mol. The molecule has 108 valence electrons. The summed E-state index contributed by atoms with van der Waals surface area (Å²) in [6.45, 7) is 11.2. The van der Waals surface area contributed by atoms with Crippen molar-refractivity contribution in [1.29, 1.82) is 0 Å². The molecule has 1 amide bonds. The monoisotopic (exact) mass is 275 g/mol. The summed E-state index contributed by atoms with van der Waals surface area (Å²) in [5.41, 5.74) is 0.398. The Kier molecular flexibility index (Phi) is 5.06. The first kappa shape index (κ1) is 14.5. The van der Waals surface area contributed by atoms with E-state index in [1.165, 1.54) is 6.33 Å². The fourth-order valence-electron chi connectivity index (χ4n) is 2.19. The molecule has 0 bridgehead atoms. The summed E-state index contributed by atoms with van der Waals surface area (Å²) >= 11 is 0. The molecule has 0 radical (unpaired) electrons. The first-order valence-electron chi connectivity index (χ1n) is 6.93. The molecule has 6 nitrogen and oxygen atoms in total. The van der Waals surface area contributed by atoms with Crippen LogP contribution in [0.15, 0.2) is 25.0 Å². The third-order valence-electron chi connectivity index (χ3n) is 3.44. The third kappa shape index (κ3) is 3.54. The molecule has 0 aromatic carbocycles. The summed E-state index contributed by atoms with van der Waals surface area (Å²) in [7, 11) is 0. The maximum absolute atomic E-state index is 11.9. The number of piperazine rings is 1. The van der Waals surface area contributed by atoms with Crippen LogP contribution in [0.2, 0.25) is 0 Å². The van der Waals surface area contributed by atoms with Gasteiger partial charge in [0.1, 0.15) is 17.8 Å². The molecule has 0 spiro atoms.